The van der Waals surface area contributed by atoms with Crippen LogP contribution in [0.2, 0.25) is 8.67 Å². The predicted octanol–water partition coefficient (Wildman–Crippen LogP) is 3.66. The summed E-state index contributed by atoms with van der Waals surface area (Å²) < 4.78 is 1.06. The van der Waals surface area contributed by atoms with E-state index in [1.165, 1.54) is 17.8 Å². The molecule has 0 spiro atoms. The Bertz CT molecular complexity index is 450. The van der Waals surface area contributed by atoms with E-state index in [1.807, 2.05) is 11.9 Å². The molecule has 0 aromatic carbocycles. The van der Waals surface area contributed by atoms with E-state index >= 15 is 0 Å². The summed E-state index contributed by atoms with van der Waals surface area (Å²) in [4.78, 5) is 14.5. The van der Waals surface area contributed by atoms with Crippen molar-refractivity contribution in [2.75, 3.05) is 20.1 Å². The lowest BCUT2D eigenvalue weighted by molar-refractivity contribution is 0.0603. The normalized spacial score (nSPS) is 19.7. The van der Waals surface area contributed by atoms with E-state index in [0.29, 0.717) is 20.3 Å². The van der Waals surface area contributed by atoms with Crippen molar-refractivity contribution in [1.29, 1.82) is 0 Å². The zero-order valence-corrected chi connectivity index (χ0v) is 13.2. The summed E-state index contributed by atoms with van der Waals surface area (Å²) in [7, 11) is 1.94. The number of carbonyl (C=O) groups is 1. The Kier molecular flexibility index (Phi) is 5.51. The standard InChI is InChI=1S/C13H18Cl2N2OS/c1-16-6-5-9-4-2-3-7-17(9)13(18)10-8-11(14)19-12(10)15/h8-9,16H,2-7H2,1H3. The van der Waals surface area contributed by atoms with E-state index in [9.17, 15) is 4.79 Å². The third-order valence-electron chi connectivity index (χ3n) is 3.50. The highest BCUT2D eigenvalue weighted by atomic mass is 35.5. The van der Waals surface area contributed by atoms with Gasteiger partial charge in [0.2, 0.25) is 0 Å². The summed E-state index contributed by atoms with van der Waals surface area (Å²) in [5, 5.41) is 3.15. The molecule has 19 heavy (non-hydrogen) atoms. The van der Waals surface area contributed by atoms with Crippen LogP contribution >= 0.6 is 34.5 Å². The molecule has 1 aromatic rings. The molecule has 3 nitrogen and oxygen atoms in total. The smallest absolute Gasteiger partial charge is 0.256 e. The molecular formula is C13H18Cl2N2OS. The van der Waals surface area contributed by atoms with Crippen LogP contribution in [-0.4, -0.2) is 37.0 Å². The van der Waals surface area contributed by atoms with Gasteiger partial charge in [0.25, 0.3) is 5.91 Å². The van der Waals surface area contributed by atoms with Crippen molar-refractivity contribution in [2.45, 2.75) is 31.7 Å². The van der Waals surface area contributed by atoms with Gasteiger partial charge >= 0.3 is 0 Å². The summed E-state index contributed by atoms with van der Waals surface area (Å²) in [6, 6.07) is 1.99. The summed E-state index contributed by atoms with van der Waals surface area (Å²) in [6.07, 6.45) is 4.31. The molecule has 0 radical (unpaired) electrons. The van der Waals surface area contributed by atoms with Crippen LogP contribution in [0.4, 0.5) is 0 Å². The lowest BCUT2D eigenvalue weighted by Crippen LogP contribution is -2.44. The number of hydrogen-bond donors (Lipinski definition) is 1. The average molecular weight is 321 g/mol. The van der Waals surface area contributed by atoms with Crippen LogP contribution < -0.4 is 5.32 Å². The Labute approximate surface area is 127 Å². The lowest BCUT2D eigenvalue weighted by atomic mass is 9.98. The second-order valence-corrected chi connectivity index (χ2v) is 7.06. The van der Waals surface area contributed by atoms with Crippen molar-refractivity contribution in [1.82, 2.24) is 10.2 Å². The van der Waals surface area contributed by atoms with Crippen molar-refractivity contribution in [3.63, 3.8) is 0 Å². The Balaban J connectivity index is 2.13. The molecule has 0 saturated carbocycles. The SMILES string of the molecule is CNCCC1CCCCN1C(=O)c1cc(Cl)sc1Cl. The Morgan fingerprint density at radius 1 is 1.53 bits per heavy atom. The van der Waals surface area contributed by atoms with Gasteiger partial charge < -0.3 is 10.2 Å². The first-order valence-corrected chi connectivity index (χ1v) is 8.11. The fourth-order valence-corrected chi connectivity index (χ4v) is 3.97. The van der Waals surface area contributed by atoms with Gasteiger partial charge in [-0.05, 0) is 45.3 Å². The first kappa shape index (κ1) is 15.1. The first-order chi connectivity index (χ1) is 9.13. The topological polar surface area (TPSA) is 32.3 Å². The number of rotatable bonds is 4. The molecule has 1 N–H and O–H groups in total. The Hall–Kier alpha value is -0.290. The predicted molar refractivity (Wildman–Crippen MR) is 81.6 cm³/mol. The number of piperidine rings is 1. The molecule has 1 saturated heterocycles. The molecule has 0 bridgehead atoms. The van der Waals surface area contributed by atoms with Crippen LogP contribution in [0.3, 0.4) is 0 Å². The van der Waals surface area contributed by atoms with Crippen LogP contribution in [0, 0.1) is 0 Å². The second kappa shape index (κ2) is 6.93. The molecule has 0 aliphatic carbocycles. The fraction of sp³-hybridized carbons (Fsp3) is 0.615. The summed E-state index contributed by atoms with van der Waals surface area (Å²) >= 11 is 13.3. The van der Waals surface area contributed by atoms with Crippen molar-refractivity contribution < 1.29 is 4.79 Å². The minimum absolute atomic E-state index is 0.0222. The molecule has 1 amide bonds. The van der Waals surface area contributed by atoms with Crippen molar-refractivity contribution in [2.24, 2.45) is 0 Å². The molecule has 106 valence electrons. The third-order valence-corrected chi connectivity index (χ3v) is 4.99. The highest BCUT2D eigenvalue weighted by Crippen LogP contribution is 2.33. The number of halogens is 2. The highest BCUT2D eigenvalue weighted by Gasteiger charge is 2.29. The highest BCUT2D eigenvalue weighted by molar-refractivity contribution is 7.20. The molecule has 1 aliphatic heterocycles. The summed E-state index contributed by atoms with van der Waals surface area (Å²) in [6.45, 7) is 1.74. The van der Waals surface area contributed by atoms with E-state index in [4.69, 9.17) is 23.2 Å². The zero-order chi connectivity index (χ0) is 13.8. The van der Waals surface area contributed by atoms with E-state index < -0.39 is 0 Å². The van der Waals surface area contributed by atoms with Crippen LogP contribution in [0.25, 0.3) is 0 Å². The average Bonchev–Trinajstić information content (AvgIpc) is 2.75. The molecule has 1 fully saturated rings. The molecule has 1 unspecified atom stereocenters. The molecule has 1 aromatic heterocycles. The maximum Gasteiger partial charge on any atom is 0.256 e. The molecule has 1 atom stereocenters. The van der Waals surface area contributed by atoms with Gasteiger partial charge in [-0.25, -0.2) is 0 Å². The lowest BCUT2D eigenvalue weighted by Gasteiger charge is -2.35. The van der Waals surface area contributed by atoms with Crippen molar-refractivity contribution >= 4 is 40.4 Å². The number of amides is 1. The monoisotopic (exact) mass is 320 g/mol. The van der Waals surface area contributed by atoms with Crippen molar-refractivity contribution in [3.05, 3.63) is 20.3 Å². The molecule has 2 heterocycles. The van der Waals surface area contributed by atoms with Gasteiger partial charge in [0.05, 0.1) is 9.90 Å². The van der Waals surface area contributed by atoms with Gasteiger partial charge in [0, 0.05) is 12.6 Å². The van der Waals surface area contributed by atoms with Crippen LogP contribution in [0.1, 0.15) is 36.0 Å². The van der Waals surface area contributed by atoms with E-state index in [0.717, 1.165) is 32.4 Å². The van der Waals surface area contributed by atoms with Crippen LogP contribution in [0.5, 0.6) is 0 Å². The number of thiophene rings is 1. The Morgan fingerprint density at radius 2 is 2.32 bits per heavy atom. The van der Waals surface area contributed by atoms with E-state index in [1.54, 1.807) is 6.07 Å². The second-order valence-electron chi connectivity index (χ2n) is 4.78. The number of nitrogens with one attached hydrogen (secondary N) is 1. The van der Waals surface area contributed by atoms with Gasteiger partial charge in [0.1, 0.15) is 4.34 Å². The van der Waals surface area contributed by atoms with E-state index in [-0.39, 0.29) is 5.91 Å². The largest absolute Gasteiger partial charge is 0.336 e. The van der Waals surface area contributed by atoms with E-state index in [2.05, 4.69) is 5.32 Å². The van der Waals surface area contributed by atoms with Crippen LogP contribution in [0.15, 0.2) is 6.07 Å². The fourth-order valence-electron chi connectivity index (χ4n) is 2.52. The quantitative estimate of drug-likeness (QED) is 0.918. The number of carbonyl (C=O) groups excluding carboxylic acids is 1. The van der Waals surface area contributed by atoms with Gasteiger partial charge in [-0.15, -0.1) is 11.3 Å². The number of likely N-dealkylation sites (tertiary alicyclic amines) is 1. The maximum absolute atomic E-state index is 12.6. The van der Waals surface area contributed by atoms with Gasteiger partial charge in [-0.1, -0.05) is 23.2 Å². The van der Waals surface area contributed by atoms with Gasteiger partial charge in [-0.3, -0.25) is 4.79 Å². The molecular weight excluding hydrogens is 303 g/mol. The molecule has 1 aliphatic rings. The minimum atomic E-state index is 0.0222. The summed E-state index contributed by atoms with van der Waals surface area (Å²) in [5.41, 5.74) is 0.549. The summed E-state index contributed by atoms with van der Waals surface area (Å²) in [5.74, 6) is 0.0222. The molecule has 2 rings (SSSR count). The first-order valence-electron chi connectivity index (χ1n) is 6.54. The van der Waals surface area contributed by atoms with Gasteiger partial charge in [0.15, 0.2) is 0 Å². The minimum Gasteiger partial charge on any atom is -0.336 e. The Morgan fingerprint density at radius 3 is 2.95 bits per heavy atom. The maximum atomic E-state index is 12.6. The third kappa shape index (κ3) is 3.63. The number of nitrogens with zero attached hydrogens (tertiary/aromatic N) is 1. The van der Waals surface area contributed by atoms with Gasteiger partial charge in [-0.2, -0.15) is 0 Å². The number of hydrogen-bond acceptors (Lipinski definition) is 3. The van der Waals surface area contributed by atoms with Crippen molar-refractivity contribution in [3.8, 4) is 0 Å². The molecule has 6 heteroatoms. The van der Waals surface area contributed by atoms with Crippen LogP contribution in [-0.2, 0) is 0 Å². The zero-order valence-electron chi connectivity index (χ0n) is 10.9.